The molecule has 0 unspecified atom stereocenters. The standard InChI is InChI=1S/C31H21Br2N3O7/c32-22-7-4-19(5-8-22)17-42-25-11-9-23(10-12-25)35-30(38)26(29(37)34-31(35)39)15-20-6-13-28(27(33)16-20)43-18-21-2-1-3-24(14-21)36(40)41/h1-16H,17-18H2,(H,34,37,39)/b26-15+. The predicted octanol–water partition coefficient (Wildman–Crippen LogP) is 6.94. The topological polar surface area (TPSA) is 128 Å². The molecule has 1 aliphatic heterocycles. The van der Waals surface area contributed by atoms with E-state index < -0.39 is 22.8 Å². The van der Waals surface area contributed by atoms with Crippen molar-refractivity contribution in [2.45, 2.75) is 13.2 Å². The van der Waals surface area contributed by atoms with Crippen LogP contribution in [0.1, 0.15) is 16.7 Å². The van der Waals surface area contributed by atoms with Crippen LogP contribution in [0.15, 0.2) is 106 Å². The lowest BCUT2D eigenvalue weighted by Crippen LogP contribution is -2.54. The van der Waals surface area contributed by atoms with Gasteiger partial charge in [-0.05, 0) is 87.2 Å². The number of nitrogens with zero attached hydrogens (tertiary/aromatic N) is 2. The molecule has 1 saturated heterocycles. The van der Waals surface area contributed by atoms with E-state index in [0.717, 1.165) is 14.9 Å². The minimum atomic E-state index is -0.859. The minimum Gasteiger partial charge on any atom is -0.489 e. The van der Waals surface area contributed by atoms with Crippen molar-refractivity contribution in [1.29, 1.82) is 0 Å². The second-order valence-electron chi connectivity index (χ2n) is 9.27. The van der Waals surface area contributed by atoms with Crippen LogP contribution in [0.3, 0.4) is 0 Å². The van der Waals surface area contributed by atoms with E-state index in [2.05, 4.69) is 37.2 Å². The number of halogens is 2. The average Bonchev–Trinajstić information content (AvgIpc) is 2.99. The van der Waals surface area contributed by atoms with Gasteiger partial charge in [-0.25, -0.2) is 9.69 Å². The smallest absolute Gasteiger partial charge is 0.335 e. The molecule has 4 aromatic rings. The molecule has 0 radical (unpaired) electrons. The molecule has 1 N–H and O–H groups in total. The third-order valence-electron chi connectivity index (χ3n) is 6.30. The minimum absolute atomic E-state index is 0.0360. The molecule has 0 spiro atoms. The van der Waals surface area contributed by atoms with Gasteiger partial charge in [-0.2, -0.15) is 0 Å². The van der Waals surface area contributed by atoms with Crippen molar-refractivity contribution in [3.8, 4) is 11.5 Å². The number of carbonyl (C=O) groups is 3. The summed E-state index contributed by atoms with van der Waals surface area (Å²) in [5.74, 6) is -0.601. The Bertz CT molecular complexity index is 1760. The number of urea groups is 1. The van der Waals surface area contributed by atoms with Crippen LogP contribution in [0, 0.1) is 10.1 Å². The monoisotopic (exact) mass is 705 g/mol. The van der Waals surface area contributed by atoms with Crippen molar-refractivity contribution in [2.75, 3.05) is 4.90 Å². The van der Waals surface area contributed by atoms with Crippen molar-refractivity contribution in [3.63, 3.8) is 0 Å². The number of hydrogen-bond acceptors (Lipinski definition) is 7. The fourth-order valence-corrected chi connectivity index (χ4v) is 4.92. The van der Waals surface area contributed by atoms with Crippen LogP contribution in [-0.2, 0) is 22.8 Å². The Labute approximate surface area is 262 Å². The van der Waals surface area contributed by atoms with E-state index >= 15 is 0 Å². The first-order chi connectivity index (χ1) is 20.7. The van der Waals surface area contributed by atoms with Gasteiger partial charge in [-0.3, -0.25) is 25.0 Å². The Hall–Kier alpha value is -4.81. The lowest BCUT2D eigenvalue weighted by atomic mass is 10.1. The Balaban J connectivity index is 1.28. The number of benzene rings is 4. The third-order valence-corrected chi connectivity index (χ3v) is 7.45. The van der Waals surface area contributed by atoms with Gasteiger partial charge in [0.2, 0.25) is 0 Å². The van der Waals surface area contributed by atoms with E-state index in [9.17, 15) is 24.5 Å². The maximum absolute atomic E-state index is 13.3. The van der Waals surface area contributed by atoms with E-state index in [1.165, 1.54) is 18.2 Å². The van der Waals surface area contributed by atoms with Crippen LogP contribution < -0.4 is 19.7 Å². The molecule has 0 atom stereocenters. The molecular weight excluding hydrogens is 686 g/mol. The van der Waals surface area contributed by atoms with Gasteiger partial charge in [0.1, 0.15) is 30.3 Å². The van der Waals surface area contributed by atoms with Gasteiger partial charge < -0.3 is 9.47 Å². The summed E-state index contributed by atoms with van der Waals surface area (Å²) in [5.41, 5.74) is 2.09. The van der Waals surface area contributed by atoms with Gasteiger partial charge in [0.25, 0.3) is 17.5 Å². The summed E-state index contributed by atoms with van der Waals surface area (Å²) in [4.78, 5) is 50.0. The molecule has 4 aromatic carbocycles. The molecule has 0 aromatic heterocycles. The largest absolute Gasteiger partial charge is 0.489 e. The van der Waals surface area contributed by atoms with Gasteiger partial charge in [0.05, 0.1) is 15.1 Å². The van der Waals surface area contributed by atoms with Crippen LogP contribution in [0.25, 0.3) is 6.08 Å². The molecule has 12 heteroatoms. The summed E-state index contributed by atoms with van der Waals surface area (Å²) < 4.78 is 13.1. The van der Waals surface area contributed by atoms with Gasteiger partial charge >= 0.3 is 6.03 Å². The molecule has 1 aliphatic rings. The lowest BCUT2D eigenvalue weighted by Gasteiger charge is -2.26. The Morgan fingerprint density at radius 2 is 1.56 bits per heavy atom. The summed E-state index contributed by atoms with van der Waals surface area (Å²) in [5, 5.41) is 13.2. The second kappa shape index (κ2) is 13.0. The molecule has 0 bridgehead atoms. The Kier molecular flexibility index (Phi) is 8.98. The number of nitrogens with one attached hydrogen (secondary N) is 1. The maximum Gasteiger partial charge on any atom is 0.335 e. The number of barbiturate groups is 1. The highest BCUT2D eigenvalue weighted by Gasteiger charge is 2.36. The molecule has 10 nitrogen and oxygen atoms in total. The summed E-state index contributed by atoms with van der Waals surface area (Å²) in [6.45, 7) is 0.429. The van der Waals surface area contributed by atoms with Gasteiger partial charge in [-0.15, -0.1) is 0 Å². The zero-order valence-corrected chi connectivity index (χ0v) is 25.3. The Morgan fingerprint density at radius 3 is 2.26 bits per heavy atom. The van der Waals surface area contributed by atoms with Crippen molar-refractivity contribution >= 4 is 67.2 Å². The first-order valence-electron chi connectivity index (χ1n) is 12.7. The number of non-ortho nitro benzene ring substituents is 1. The third kappa shape index (κ3) is 7.16. The number of carbonyl (C=O) groups excluding carboxylic acids is 3. The molecule has 1 heterocycles. The summed E-state index contributed by atoms with van der Waals surface area (Å²) in [6, 6.07) is 24.3. The van der Waals surface area contributed by atoms with Crippen LogP contribution in [0.5, 0.6) is 11.5 Å². The van der Waals surface area contributed by atoms with Gasteiger partial charge in [0, 0.05) is 16.6 Å². The number of ether oxygens (including phenoxy) is 2. The van der Waals surface area contributed by atoms with Crippen LogP contribution >= 0.6 is 31.9 Å². The maximum atomic E-state index is 13.3. The molecule has 4 amide bonds. The SMILES string of the molecule is O=C1NC(=O)N(c2ccc(OCc3ccc(Br)cc3)cc2)C(=O)/C1=C/c1ccc(OCc2cccc([N+](=O)[O-])c2)c(Br)c1. The number of hydrogen-bond donors (Lipinski definition) is 1. The number of nitro groups is 1. The fraction of sp³-hybridized carbons (Fsp3) is 0.0645. The second-order valence-corrected chi connectivity index (χ2v) is 11.0. The zero-order valence-electron chi connectivity index (χ0n) is 22.2. The van der Waals surface area contributed by atoms with Crippen LogP contribution in [-0.4, -0.2) is 22.8 Å². The molecule has 43 heavy (non-hydrogen) atoms. The van der Waals surface area contributed by atoms with E-state index in [0.29, 0.717) is 33.7 Å². The molecule has 0 aliphatic carbocycles. The molecule has 0 saturated carbocycles. The van der Waals surface area contributed by atoms with Crippen molar-refractivity contribution in [1.82, 2.24) is 5.32 Å². The highest BCUT2D eigenvalue weighted by Crippen LogP contribution is 2.30. The molecule has 5 rings (SSSR count). The molecular formula is C31H21Br2N3O7. The number of amides is 4. The first-order valence-corrected chi connectivity index (χ1v) is 14.3. The number of anilines is 1. The van der Waals surface area contributed by atoms with Crippen molar-refractivity contribution in [2.24, 2.45) is 0 Å². The van der Waals surface area contributed by atoms with Crippen LogP contribution in [0.4, 0.5) is 16.2 Å². The van der Waals surface area contributed by atoms with Crippen molar-refractivity contribution < 1.29 is 28.8 Å². The van der Waals surface area contributed by atoms with E-state index in [4.69, 9.17) is 9.47 Å². The van der Waals surface area contributed by atoms with Gasteiger partial charge in [0.15, 0.2) is 0 Å². The van der Waals surface area contributed by atoms with E-state index in [-0.39, 0.29) is 23.6 Å². The first kappa shape index (κ1) is 29.7. The predicted molar refractivity (Wildman–Crippen MR) is 165 cm³/mol. The quantitative estimate of drug-likeness (QED) is 0.0864. The van der Waals surface area contributed by atoms with Crippen molar-refractivity contribution in [3.05, 3.63) is 132 Å². The Morgan fingerprint density at radius 1 is 0.837 bits per heavy atom. The van der Waals surface area contributed by atoms with Gasteiger partial charge in [-0.1, -0.05) is 46.3 Å². The normalized spacial score (nSPS) is 14.0. The van der Waals surface area contributed by atoms with E-state index in [1.807, 2.05) is 24.3 Å². The van der Waals surface area contributed by atoms with E-state index in [1.54, 1.807) is 54.6 Å². The zero-order chi connectivity index (χ0) is 30.5. The molecule has 216 valence electrons. The summed E-state index contributed by atoms with van der Waals surface area (Å²) in [6.07, 6.45) is 1.38. The summed E-state index contributed by atoms with van der Waals surface area (Å²) >= 11 is 6.82. The summed E-state index contributed by atoms with van der Waals surface area (Å²) in [7, 11) is 0. The number of nitro benzene ring substituents is 1. The number of rotatable bonds is 9. The molecule has 1 fully saturated rings. The average molecular weight is 707 g/mol. The highest BCUT2D eigenvalue weighted by atomic mass is 79.9. The fourth-order valence-electron chi connectivity index (χ4n) is 4.14. The highest BCUT2D eigenvalue weighted by molar-refractivity contribution is 9.10. The number of imide groups is 2. The lowest BCUT2D eigenvalue weighted by molar-refractivity contribution is -0.384. The van der Waals surface area contributed by atoms with Crippen LogP contribution in [0.2, 0.25) is 0 Å².